The minimum absolute atomic E-state index is 0.151. The molecule has 1 amide bonds. The van der Waals surface area contributed by atoms with Gasteiger partial charge in [-0.05, 0) is 38.0 Å². The van der Waals surface area contributed by atoms with E-state index in [9.17, 15) is 4.79 Å². The Labute approximate surface area is 98.6 Å². The Hall–Kier alpha value is -0.570. The van der Waals surface area contributed by atoms with Crippen LogP contribution in [0.4, 0.5) is 0 Å². The van der Waals surface area contributed by atoms with Gasteiger partial charge in [0, 0.05) is 18.1 Å². The molecular weight excluding hydrogens is 202 g/mol. The van der Waals surface area contributed by atoms with Gasteiger partial charge in [0.15, 0.2) is 0 Å². The van der Waals surface area contributed by atoms with Gasteiger partial charge in [-0.15, -0.1) is 0 Å². The molecule has 1 rings (SSSR count). The Morgan fingerprint density at radius 3 is 2.25 bits per heavy atom. The highest BCUT2D eigenvalue weighted by Gasteiger charge is 2.26. The summed E-state index contributed by atoms with van der Waals surface area (Å²) in [6.07, 6.45) is 5.31. The van der Waals surface area contributed by atoms with Crippen molar-refractivity contribution in [3.63, 3.8) is 0 Å². The van der Waals surface area contributed by atoms with Crippen LogP contribution in [0.25, 0.3) is 0 Å². The van der Waals surface area contributed by atoms with Crippen LogP contribution >= 0.6 is 0 Å². The molecule has 16 heavy (non-hydrogen) atoms. The van der Waals surface area contributed by atoms with E-state index in [1.54, 1.807) is 0 Å². The molecule has 0 aromatic heterocycles. The minimum Gasteiger partial charge on any atom is -0.396 e. The highest BCUT2D eigenvalue weighted by molar-refractivity contribution is 5.81. The third-order valence-electron chi connectivity index (χ3n) is 3.40. The predicted octanol–water partition coefficient (Wildman–Crippen LogP) is 2.09. The highest BCUT2D eigenvalue weighted by Crippen LogP contribution is 2.27. The van der Waals surface area contributed by atoms with E-state index in [1.807, 2.05) is 20.8 Å². The molecule has 2 N–H and O–H groups in total. The number of carbonyl (C=O) groups is 1. The van der Waals surface area contributed by atoms with Crippen LogP contribution in [0.1, 0.15) is 52.9 Å². The molecular formula is C13H25NO2. The molecule has 0 spiro atoms. The first-order valence-corrected chi connectivity index (χ1v) is 6.35. The number of carbonyl (C=O) groups excluding carboxylic acids is 1. The van der Waals surface area contributed by atoms with Crippen molar-refractivity contribution < 1.29 is 9.90 Å². The van der Waals surface area contributed by atoms with Gasteiger partial charge in [-0.3, -0.25) is 4.79 Å². The number of hydrogen-bond donors (Lipinski definition) is 2. The Morgan fingerprint density at radius 2 is 1.81 bits per heavy atom. The summed E-state index contributed by atoms with van der Waals surface area (Å²) in [7, 11) is 0. The average Bonchev–Trinajstić information content (AvgIpc) is 2.20. The zero-order valence-electron chi connectivity index (χ0n) is 10.8. The van der Waals surface area contributed by atoms with Gasteiger partial charge >= 0.3 is 0 Å². The van der Waals surface area contributed by atoms with Crippen LogP contribution in [0.3, 0.4) is 0 Å². The normalized spacial score (nSPS) is 26.5. The van der Waals surface area contributed by atoms with E-state index < -0.39 is 0 Å². The molecule has 1 fully saturated rings. The lowest BCUT2D eigenvalue weighted by atomic mass is 9.83. The first-order chi connectivity index (χ1) is 7.43. The smallest absolute Gasteiger partial charge is 0.225 e. The Balaban J connectivity index is 2.30. The number of hydrogen-bond acceptors (Lipinski definition) is 2. The summed E-state index contributed by atoms with van der Waals surface area (Å²) in [4.78, 5) is 11.8. The molecule has 0 heterocycles. The summed E-state index contributed by atoms with van der Waals surface area (Å²) < 4.78 is 0. The number of rotatable bonds is 3. The van der Waals surface area contributed by atoms with Crippen molar-refractivity contribution in [3.8, 4) is 0 Å². The standard InChI is InChI=1S/C13H25NO2/c1-13(2,3)12(16)14-11-6-4-10(5-7-11)8-9-15/h10-11,15H,4-9H2,1-3H3,(H,14,16). The van der Waals surface area contributed by atoms with Gasteiger partial charge in [0.25, 0.3) is 0 Å². The van der Waals surface area contributed by atoms with Crippen molar-refractivity contribution in [1.82, 2.24) is 5.32 Å². The topological polar surface area (TPSA) is 49.3 Å². The van der Waals surface area contributed by atoms with Gasteiger partial charge in [0.05, 0.1) is 0 Å². The lowest BCUT2D eigenvalue weighted by Gasteiger charge is -2.30. The minimum atomic E-state index is -0.290. The van der Waals surface area contributed by atoms with Gasteiger partial charge in [-0.1, -0.05) is 20.8 Å². The van der Waals surface area contributed by atoms with Crippen LogP contribution in [0.15, 0.2) is 0 Å². The second kappa shape index (κ2) is 5.67. The molecule has 1 aliphatic carbocycles. The van der Waals surface area contributed by atoms with Gasteiger partial charge in [-0.2, -0.15) is 0 Å². The van der Waals surface area contributed by atoms with E-state index in [1.165, 1.54) is 0 Å². The largest absolute Gasteiger partial charge is 0.396 e. The quantitative estimate of drug-likeness (QED) is 0.775. The molecule has 0 aromatic rings. The second-order valence-electron chi connectivity index (χ2n) is 5.95. The van der Waals surface area contributed by atoms with E-state index in [4.69, 9.17) is 5.11 Å². The maximum atomic E-state index is 11.8. The van der Waals surface area contributed by atoms with Crippen LogP contribution in [0.2, 0.25) is 0 Å². The fourth-order valence-corrected chi connectivity index (χ4v) is 2.18. The number of aliphatic hydroxyl groups is 1. The summed E-state index contributed by atoms with van der Waals surface area (Å²) in [5.74, 6) is 0.811. The van der Waals surface area contributed by atoms with Crippen molar-refractivity contribution in [3.05, 3.63) is 0 Å². The average molecular weight is 227 g/mol. The molecule has 3 heteroatoms. The van der Waals surface area contributed by atoms with E-state index in [2.05, 4.69) is 5.32 Å². The molecule has 0 radical (unpaired) electrons. The van der Waals surface area contributed by atoms with Gasteiger partial charge in [0.2, 0.25) is 5.91 Å². The van der Waals surface area contributed by atoms with Crippen molar-refractivity contribution in [2.45, 2.75) is 58.9 Å². The van der Waals surface area contributed by atoms with E-state index in [-0.39, 0.29) is 11.3 Å². The van der Waals surface area contributed by atoms with Gasteiger partial charge in [-0.25, -0.2) is 0 Å². The van der Waals surface area contributed by atoms with Crippen molar-refractivity contribution in [2.75, 3.05) is 6.61 Å². The number of amides is 1. The summed E-state index contributed by atoms with van der Waals surface area (Å²) >= 11 is 0. The Bertz CT molecular complexity index is 225. The van der Waals surface area contributed by atoms with E-state index in [0.29, 0.717) is 18.6 Å². The van der Waals surface area contributed by atoms with Crippen molar-refractivity contribution in [2.24, 2.45) is 11.3 Å². The molecule has 1 saturated carbocycles. The number of nitrogens with one attached hydrogen (secondary N) is 1. The molecule has 0 bridgehead atoms. The first-order valence-electron chi connectivity index (χ1n) is 6.35. The molecule has 1 aliphatic rings. The third kappa shape index (κ3) is 4.12. The van der Waals surface area contributed by atoms with Gasteiger partial charge < -0.3 is 10.4 Å². The molecule has 0 saturated heterocycles. The van der Waals surface area contributed by atoms with Crippen molar-refractivity contribution in [1.29, 1.82) is 0 Å². The molecule has 94 valence electrons. The highest BCUT2D eigenvalue weighted by atomic mass is 16.3. The maximum Gasteiger partial charge on any atom is 0.225 e. The Kier molecular flexibility index (Phi) is 4.78. The first kappa shape index (κ1) is 13.5. The fraction of sp³-hybridized carbons (Fsp3) is 0.923. The SMILES string of the molecule is CC(C)(C)C(=O)NC1CCC(CCO)CC1. The van der Waals surface area contributed by atoms with Crippen molar-refractivity contribution >= 4 is 5.91 Å². The van der Waals surface area contributed by atoms with E-state index in [0.717, 1.165) is 32.1 Å². The maximum absolute atomic E-state index is 11.8. The van der Waals surface area contributed by atoms with Crippen LogP contribution in [-0.2, 0) is 4.79 Å². The summed E-state index contributed by atoms with van der Waals surface area (Å²) in [5, 5.41) is 12.0. The molecule has 3 nitrogen and oxygen atoms in total. The van der Waals surface area contributed by atoms with E-state index >= 15 is 0 Å². The molecule has 0 aliphatic heterocycles. The predicted molar refractivity (Wildman–Crippen MR) is 65.0 cm³/mol. The number of aliphatic hydroxyl groups excluding tert-OH is 1. The zero-order chi connectivity index (χ0) is 12.2. The lowest BCUT2D eigenvalue weighted by Crippen LogP contribution is -2.43. The third-order valence-corrected chi connectivity index (χ3v) is 3.40. The van der Waals surface area contributed by atoms with Crippen LogP contribution in [-0.4, -0.2) is 23.7 Å². The summed E-state index contributed by atoms with van der Waals surface area (Å²) in [5.41, 5.74) is -0.290. The summed E-state index contributed by atoms with van der Waals surface area (Å²) in [6.45, 7) is 6.13. The lowest BCUT2D eigenvalue weighted by molar-refractivity contribution is -0.129. The Morgan fingerprint density at radius 1 is 1.25 bits per heavy atom. The fourth-order valence-electron chi connectivity index (χ4n) is 2.18. The summed E-state index contributed by atoms with van der Waals surface area (Å²) in [6, 6.07) is 0.349. The van der Waals surface area contributed by atoms with Gasteiger partial charge in [0.1, 0.15) is 0 Å². The monoisotopic (exact) mass is 227 g/mol. The molecule has 0 atom stereocenters. The van der Waals surface area contributed by atoms with Crippen LogP contribution in [0.5, 0.6) is 0 Å². The molecule has 0 unspecified atom stereocenters. The van der Waals surface area contributed by atoms with Crippen LogP contribution < -0.4 is 5.32 Å². The second-order valence-corrected chi connectivity index (χ2v) is 5.95. The van der Waals surface area contributed by atoms with Crippen LogP contribution in [0, 0.1) is 11.3 Å². The molecule has 0 aromatic carbocycles. The zero-order valence-corrected chi connectivity index (χ0v) is 10.8.